The third-order valence-electron chi connectivity index (χ3n) is 4.54. The molecule has 6 nitrogen and oxygen atoms in total. The Kier molecular flexibility index (Phi) is 8.94. The number of carbonyl (C=O) groups is 2. The molecule has 150 valence electrons. The second-order valence-electron chi connectivity index (χ2n) is 6.98. The van der Waals surface area contributed by atoms with Crippen molar-refractivity contribution in [1.82, 2.24) is 10.2 Å². The minimum Gasteiger partial charge on any atom is -0.450 e. The van der Waals surface area contributed by atoms with Gasteiger partial charge in [-0.05, 0) is 37.0 Å². The summed E-state index contributed by atoms with van der Waals surface area (Å²) in [5.41, 5.74) is 1.99. The van der Waals surface area contributed by atoms with Crippen molar-refractivity contribution in [2.45, 2.75) is 33.2 Å². The number of benzene rings is 1. The number of amides is 2. The van der Waals surface area contributed by atoms with Gasteiger partial charge in [0.15, 0.2) is 0 Å². The van der Waals surface area contributed by atoms with Crippen molar-refractivity contribution >= 4 is 29.4 Å². The van der Waals surface area contributed by atoms with Crippen molar-refractivity contribution in [2.24, 2.45) is 5.92 Å². The normalized spacial score (nSPS) is 16.0. The van der Waals surface area contributed by atoms with Crippen LogP contribution >= 0.6 is 11.8 Å². The first kappa shape index (κ1) is 21.6. The molecule has 7 heteroatoms. The molecule has 0 aromatic heterocycles. The molecule has 1 saturated heterocycles. The number of alkyl carbamates (subject to hydrolysis) is 1. The number of anilines is 1. The number of carbonyl (C=O) groups excluding carboxylic acids is 2. The second-order valence-corrected chi connectivity index (χ2v) is 8.20. The summed E-state index contributed by atoms with van der Waals surface area (Å²) < 4.78 is 4.88. The Hall–Kier alpha value is -1.73. The van der Waals surface area contributed by atoms with Crippen LogP contribution in [0.1, 0.15) is 26.3 Å². The van der Waals surface area contributed by atoms with Gasteiger partial charge in [0.2, 0.25) is 5.91 Å². The van der Waals surface area contributed by atoms with Gasteiger partial charge in [0.25, 0.3) is 0 Å². The molecule has 1 aliphatic rings. The summed E-state index contributed by atoms with van der Waals surface area (Å²) in [6.07, 6.45) is 0.440. The van der Waals surface area contributed by atoms with Crippen molar-refractivity contribution in [2.75, 3.05) is 43.1 Å². The van der Waals surface area contributed by atoms with Gasteiger partial charge < -0.3 is 20.3 Å². The predicted molar refractivity (Wildman–Crippen MR) is 111 cm³/mol. The van der Waals surface area contributed by atoms with Crippen LogP contribution in [0.5, 0.6) is 0 Å². The average Bonchev–Trinajstić information content (AvgIpc) is 2.66. The SMILES string of the molecule is CCOC(=O)NC(C(=O)Nc1ccc(CCN2CCSCC2)cc1)C(C)C. The monoisotopic (exact) mass is 393 g/mol. The number of hydrogen-bond donors (Lipinski definition) is 2. The third-order valence-corrected chi connectivity index (χ3v) is 5.48. The Morgan fingerprint density at radius 1 is 1.19 bits per heavy atom. The van der Waals surface area contributed by atoms with E-state index in [0.717, 1.165) is 18.7 Å². The van der Waals surface area contributed by atoms with Crippen LogP contribution < -0.4 is 10.6 Å². The van der Waals surface area contributed by atoms with Crippen LogP contribution in [0.3, 0.4) is 0 Å². The van der Waals surface area contributed by atoms with Gasteiger partial charge in [-0.25, -0.2) is 4.79 Å². The number of ether oxygens (including phenoxy) is 1. The molecule has 0 radical (unpaired) electrons. The second kappa shape index (κ2) is 11.2. The number of hydrogen-bond acceptors (Lipinski definition) is 5. The number of rotatable bonds is 8. The molecule has 0 bridgehead atoms. The maximum Gasteiger partial charge on any atom is 0.407 e. The Bertz CT molecular complexity index is 601. The fourth-order valence-corrected chi connectivity index (χ4v) is 3.90. The molecular formula is C20H31N3O3S. The lowest BCUT2D eigenvalue weighted by molar-refractivity contribution is -0.119. The molecule has 1 heterocycles. The molecule has 0 saturated carbocycles. The van der Waals surface area contributed by atoms with E-state index in [2.05, 4.69) is 27.7 Å². The van der Waals surface area contributed by atoms with Crippen molar-refractivity contribution in [3.8, 4) is 0 Å². The summed E-state index contributed by atoms with van der Waals surface area (Å²) in [5.74, 6) is 2.16. The van der Waals surface area contributed by atoms with Gasteiger partial charge >= 0.3 is 6.09 Å². The van der Waals surface area contributed by atoms with Gasteiger partial charge in [0, 0.05) is 36.8 Å². The number of nitrogens with one attached hydrogen (secondary N) is 2. The van der Waals surface area contributed by atoms with Gasteiger partial charge in [0.05, 0.1) is 6.61 Å². The molecule has 2 rings (SSSR count). The van der Waals surface area contributed by atoms with Crippen LogP contribution in [0.15, 0.2) is 24.3 Å². The van der Waals surface area contributed by atoms with Crippen molar-refractivity contribution in [1.29, 1.82) is 0 Å². The van der Waals surface area contributed by atoms with E-state index < -0.39 is 12.1 Å². The minimum atomic E-state index is -0.638. The zero-order valence-electron chi connectivity index (χ0n) is 16.5. The van der Waals surface area contributed by atoms with E-state index in [-0.39, 0.29) is 18.4 Å². The van der Waals surface area contributed by atoms with Crippen molar-refractivity contribution in [3.05, 3.63) is 29.8 Å². The van der Waals surface area contributed by atoms with E-state index in [9.17, 15) is 9.59 Å². The molecule has 2 amide bonds. The summed E-state index contributed by atoms with van der Waals surface area (Å²) in [7, 11) is 0. The van der Waals surface area contributed by atoms with Gasteiger partial charge in [-0.15, -0.1) is 0 Å². The summed E-state index contributed by atoms with van der Waals surface area (Å²) in [4.78, 5) is 26.7. The fourth-order valence-electron chi connectivity index (χ4n) is 2.92. The maximum atomic E-state index is 12.5. The topological polar surface area (TPSA) is 70.7 Å². The van der Waals surface area contributed by atoms with E-state index in [4.69, 9.17) is 4.74 Å². The lowest BCUT2D eigenvalue weighted by Gasteiger charge is -2.26. The van der Waals surface area contributed by atoms with Crippen LogP contribution in [0.2, 0.25) is 0 Å². The standard InChI is InChI=1S/C20H31N3O3S/c1-4-26-20(25)22-18(15(2)3)19(24)21-17-7-5-16(6-8-17)9-10-23-11-13-27-14-12-23/h5-8,15,18H,4,9-14H2,1-3H3,(H,21,24)(H,22,25). The first-order valence-corrected chi connectivity index (χ1v) is 10.8. The highest BCUT2D eigenvalue weighted by Gasteiger charge is 2.24. The Labute approximate surface area is 166 Å². The Morgan fingerprint density at radius 3 is 2.44 bits per heavy atom. The predicted octanol–water partition coefficient (Wildman–Crippen LogP) is 2.99. The smallest absolute Gasteiger partial charge is 0.407 e. The zero-order valence-corrected chi connectivity index (χ0v) is 17.3. The van der Waals surface area contributed by atoms with Gasteiger partial charge in [-0.1, -0.05) is 26.0 Å². The molecule has 0 aliphatic carbocycles. The molecular weight excluding hydrogens is 362 g/mol. The van der Waals surface area contributed by atoms with Crippen LogP contribution in [-0.2, 0) is 16.0 Å². The lowest BCUT2D eigenvalue weighted by Crippen LogP contribution is -2.47. The minimum absolute atomic E-state index is 0.0450. The fraction of sp³-hybridized carbons (Fsp3) is 0.600. The largest absolute Gasteiger partial charge is 0.450 e. The zero-order chi connectivity index (χ0) is 19.6. The molecule has 2 N–H and O–H groups in total. The number of nitrogens with zero attached hydrogens (tertiary/aromatic N) is 1. The Balaban J connectivity index is 1.85. The van der Waals surface area contributed by atoms with Crippen molar-refractivity contribution in [3.63, 3.8) is 0 Å². The summed E-state index contributed by atoms with van der Waals surface area (Å²) in [6, 6.07) is 7.30. The average molecular weight is 394 g/mol. The maximum absolute atomic E-state index is 12.5. The summed E-state index contributed by atoms with van der Waals surface area (Å²) >= 11 is 2.02. The van der Waals surface area contributed by atoms with E-state index >= 15 is 0 Å². The highest BCUT2D eigenvalue weighted by atomic mass is 32.2. The molecule has 1 atom stereocenters. The molecule has 1 aliphatic heterocycles. The number of thioether (sulfide) groups is 1. The summed E-state index contributed by atoms with van der Waals surface area (Å²) in [5, 5.41) is 5.51. The molecule has 1 fully saturated rings. The molecule has 0 spiro atoms. The van der Waals surface area contributed by atoms with Gasteiger partial charge in [-0.3, -0.25) is 4.79 Å². The van der Waals surface area contributed by atoms with E-state index in [0.29, 0.717) is 0 Å². The highest BCUT2D eigenvalue weighted by molar-refractivity contribution is 7.99. The van der Waals surface area contributed by atoms with E-state index in [1.54, 1.807) is 6.92 Å². The first-order valence-electron chi connectivity index (χ1n) is 9.62. The van der Waals surface area contributed by atoms with Crippen LogP contribution in [0, 0.1) is 5.92 Å². The van der Waals surface area contributed by atoms with Crippen LogP contribution in [0.4, 0.5) is 10.5 Å². The lowest BCUT2D eigenvalue weighted by atomic mass is 10.0. The third kappa shape index (κ3) is 7.42. The van der Waals surface area contributed by atoms with Crippen LogP contribution in [0.25, 0.3) is 0 Å². The molecule has 1 aromatic rings. The molecule has 27 heavy (non-hydrogen) atoms. The van der Waals surface area contributed by atoms with Crippen molar-refractivity contribution < 1.29 is 14.3 Å². The van der Waals surface area contributed by atoms with Gasteiger partial charge in [0.1, 0.15) is 6.04 Å². The quantitative estimate of drug-likeness (QED) is 0.710. The molecule has 1 aromatic carbocycles. The Morgan fingerprint density at radius 2 is 1.85 bits per heavy atom. The van der Waals surface area contributed by atoms with E-state index in [1.165, 1.54) is 30.2 Å². The first-order chi connectivity index (χ1) is 13.0. The summed E-state index contributed by atoms with van der Waals surface area (Å²) in [6.45, 7) is 9.19. The molecule has 1 unspecified atom stereocenters. The van der Waals surface area contributed by atoms with Crippen LogP contribution in [-0.4, -0.2) is 60.7 Å². The highest BCUT2D eigenvalue weighted by Crippen LogP contribution is 2.14. The van der Waals surface area contributed by atoms with Gasteiger partial charge in [-0.2, -0.15) is 11.8 Å². The van der Waals surface area contributed by atoms with E-state index in [1.807, 2.05) is 37.7 Å².